The summed E-state index contributed by atoms with van der Waals surface area (Å²) in [6, 6.07) is 10.5. The standard InChI is InChI=1S/C19H29N3O3S.C13H12FN/c1-14(2)12-16(18(25)20-8-7-17(23)24)22-11-5-6-15(19(22)26)13-21-9-3-4-10-21;1-9-6-12(14)7-10(2)13(9)11-4-3-5-15-8-11/h5-6,11,14,16H,3-4,7-10,12-13H2,1-2H3,(H,20,25)(H,23,24);3-8H,1-2H3. The Morgan fingerprint density at radius 1 is 1.12 bits per heavy atom. The minimum Gasteiger partial charge on any atom is -0.481 e. The molecule has 3 heterocycles. The largest absolute Gasteiger partial charge is 0.481 e. The third-order valence-corrected chi connectivity index (χ3v) is 7.54. The molecule has 4 rings (SSSR count). The van der Waals surface area contributed by atoms with Crippen molar-refractivity contribution in [3.8, 4) is 11.1 Å². The van der Waals surface area contributed by atoms with Gasteiger partial charge in [0.05, 0.1) is 6.42 Å². The maximum Gasteiger partial charge on any atom is 0.305 e. The van der Waals surface area contributed by atoms with E-state index >= 15 is 0 Å². The zero-order chi connectivity index (χ0) is 29.9. The number of benzene rings is 1. The second-order valence-corrected chi connectivity index (χ2v) is 11.4. The van der Waals surface area contributed by atoms with Gasteiger partial charge in [-0.05, 0) is 93.1 Å². The van der Waals surface area contributed by atoms with Crippen molar-refractivity contribution in [2.45, 2.75) is 66.0 Å². The molecule has 1 aliphatic heterocycles. The number of aliphatic carboxylic acids is 1. The number of halogens is 1. The van der Waals surface area contributed by atoms with E-state index in [0.29, 0.717) is 17.0 Å². The number of nitrogens with zero attached hydrogens (tertiary/aromatic N) is 3. The summed E-state index contributed by atoms with van der Waals surface area (Å²) in [5.74, 6) is -0.962. The predicted molar refractivity (Wildman–Crippen MR) is 163 cm³/mol. The molecule has 0 radical (unpaired) electrons. The average Bonchev–Trinajstić information content (AvgIpc) is 3.42. The molecule has 2 aromatic heterocycles. The van der Waals surface area contributed by atoms with Gasteiger partial charge in [0.2, 0.25) is 5.91 Å². The van der Waals surface area contributed by atoms with E-state index in [1.54, 1.807) is 24.5 Å². The van der Waals surface area contributed by atoms with Gasteiger partial charge >= 0.3 is 5.97 Å². The van der Waals surface area contributed by atoms with E-state index in [2.05, 4.69) is 29.0 Å². The highest BCUT2D eigenvalue weighted by atomic mass is 32.1. The van der Waals surface area contributed by atoms with Gasteiger partial charge in [0.1, 0.15) is 16.5 Å². The van der Waals surface area contributed by atoms with Crippen LogP contribution in [0.5, 0.6) is 0 Å². The zero-order valence-corrected chi connectivity index (χ0v) is 25.2. The van der Waals surface area contributed by atoms with E-state index in [9.17, 15) is 14.0 Å². The van der Waals surface area contributed by atoms with Crippen molar-refractivity contribution in [1.82, 2.24) is 19.8 Å². The van der Waals surface area contributed by atoms with Crippen LogP contribution in [0.4, 0.5) is 4.39 Å². The van der Waals surface area contributed by atoms with Gasteiger partial charge in [-0.3, -0.25) is 19.5 Å². The number of aryl methyl sites for hydroxylation is 2. The molecule has 1 amide bonds. The van der Waals surface area contributed by atoms with Crippen molar-refractivity contribution in [2.24, 2.45) is 5.92 Å². The van der Waals surface area contributed by atoms with Gasteiger partial charge in [0.15, 0.2) is 0 Å². The van der Waals surface area contributed by atoms with E-state index in [4.69, 9.17) is 17.3 Å². The van der Waals surface area contributed by atoms with E-state index < -0.39 is 12.0 Å². The van der Waals surface area contributed by atoms with Crippen LogP contribution in [0.2, 0.25) is 0 Å². The molecule has 0 saturated carbocycles. The molecule has 1 atom stereocenters. The van der Waals surface area contributed by atoms with Crippen LogP contribution in [0.25, 0.3) is 11.1 Å². The first kappa shape index (κ1) is 32.1. The summed E-state index contributed by atoms with van der Waals surface area (Å²) in [5.41, 5.74) is 5.06. The molecule has 1 aromatic carbocycles. The fourth-order valence-electron chi connectivity index (χ4n) is 5.18. The number of nitrogens with one attached hydrogen (secondary N) is 1. The Balaban J connectivity index is 0.000000260. The molecule has 2 N–H and O–H groups in total. The SMILES string of the molecule is CC(C)CC(C(=O)NCCC(=O)O)n1cccc(CN2CCCC2)c1=S.Cc1cc(F)cc(C)c1-c1cccnc1. The number of amides is 1. The summed E-state index contributed by atoms with van der Waals surface area (Å²) in [5, 5.41) is 11.5. The summed E-state index contributed by atoms with van der Waals surface area (Å²) >= 11 is 5.69. The van der Waals surface area contributed by atoms with E-state index in [-0.39, 0.29) is 24.7 Å². The van der Waals surface area contributed by atoms with Crippen LogP contribution in [0, 0.1) is 30.2 Å². The average molecular weight is 581 g/mol. The van der Waals surface area contributed by atoms with Crippen LogP contribution >= 0.6 is 12.2 Å². The number of rotatable bonds is 10. The van der Waals surface area contributed by atoms with Gasteiger partial charge in [0.25, 0.3) is 0 Å². The van der Waals surface area contributed by atoms with Gasteiger partial charge in [-0.2, -0.15) is 0 Å². The summed E-state index contributed by atoms with van der Waals surface area (Å²) < 4.78 is 15.7. The summed E-state index contributed by atoms with van der Waals surface area (Å²) in [7, 11) is 0. The Bertz CT molecular complexity index is 1350. The molecule has 1 unspecified atom stereocenters. The third-order valence-electron chi connectivity index (χ3n) is 7.06. The molecule has 220 valence electrons. The third kappa shape index (κ3) is 9.57. The molecule has 9 heteroatoms. The first-order valence-electron chi connectivity index (χ1n) is 14.2. The Labute approximate surface area is 247 Å². The molecule has 3 aromatic rings. The molecule has 7 nitrogen and oxygen atoms in total. The van der Waals surface area contributed by atoms with Gasteiger partial charge in [-0.25, -0.2) is 4.39 Å². The van der Waals surface area contributed by atoms with E-state index in [0.717, 1.165) is 47.5 Å². The fraction of sp³-hybridized carbons (Fsp3) is 0.438. The predicted octanol–water partition coefficient (Wildman–Crippen LogP) is 6.50. The van der Waals surface area contributed by atoms with Crippen molar-refractivity contribution in [2.75, 3.05) is 19.6 Å². The van der Waals surface area contributed by atoms with Gasteiger partial charge in [0, 0.05) is 42.8 Å². The maximum atomic E-state index is 13.1. The molecule has 1 saturated heterocycles. The Hall–Kier alpha value is -3.43. The van der Waals surface area contributed by atoms with Crippen molar-refractivity contribution >= 4 is 24.1 Å². The first-order chi connectivity index (χ1) is 19.6. The Morgan fingerprint density at radius 3 is 2.39 bits per heavy atom. The molecular formula is C32H41FN4O3S. The number of carbonyl (C=O) groups excluding carboxylic acids is 1. The lowest BCUT2D eigenvalue weighted by Gasteiger charge is -2.24. The second-order valence-electron chi connectivity index (χ2n) is 11.0. The highest BCUT2D eigenvalue weighted by molar-refractivity contribution is 7.71. The van der Waals surface area contributed by atoms with Crippen molar-refractivity contribution in [1.29, 1.82) is 0 Å². The Morgan fingerprint density at radius 2 is 1.80 bits per heavy atom. The lowest BCUT2D eigenvalue weighted by molar-refractivity contribution is -0.137. The highest BCUT2D eigenvalue weighted by Gasteiger charge is 2.23. The van der Waals surface area contributed by atoms with Crippen LogP contribution in [0.3, 0.4) is 0 Å². The van der Waals surface area contributed by atoms with Crippen molar-refractivity contribution in [3.05, 3.63) is 82.1 Å². The fourth-order valence-corrected chi connectivity index (χ4v) is 5.51. The number of carbonyl (C=O) groups is 2. The molecule has 0 aliphatic carbocycles. The van der Waals surface area contributed by atoms with Gasteiger partial charge < -0.3 is 15.0 Å². The number of carboxylic acid groups (broad SMARTS) is 1. The first-order valence-corrected chi connectivity index (χ1v) is 14.6. The minimum absolute atomic E-state index is 0.0828. The van der Waals surface area contributed by atoms with Crippen LogP contribution in [-0.2, 0) is 16.1 Å². The number of carboxylic acids is 1. The monoisotopic (exact) mass is 580 g/mol. The van der Waals surface area contributed by atoms with E-state index in [1.807, 2.05) is 48.9 Å². The quantitative estimate of drug-likeness (QED) is 0.266. The summed E-state index contributed by atoms with van der Waals surface area (Å²) in [6.45, 7) is 11.1. The number of hydrogen-bond donors (Lipinski definition) is 2. The number of hydrogen-bond acceptors (Lipinski definition) is 5. The van der Waals surface area contributed by atoms with Crippen molar-refractivity contribution in [3.63, 3.8) is 0 Å². The molecule has 0 bridgehead atoms. The minimum atomic E-state index is -0.921. The number of pyridine rings is 2. The zero-order valence-electron chi connectivity index (χ0n) is 24.4. The molecule has 41 heavy (non-hydrogen) atoms. The Kier molecular flexibility index (Phi) is 12.2. The molecule has 1 fully saturated rings. The topological polar surface area (TPSA) is 87.5 Å². The lowest BCUT2D eigenvalue weighted by Crippen LogP contribution is -2.35. The summed E-state index contributed by atoms with van der Waals surface area (Å²) in [6.07, 6.45) is 8.41. The molecule has 0 spiro atoms. The molecule has 1 aliphatic rings. The van der Waals surface area contributed by atoms with E-state index in [1.165, 1.54) is 12.8 Å². The van der Waals surface area contributed by atoms with Crippen LogP contribution in [-0.4, -0.2) is 51.1 Å². The number of aromatic nitrogens is 2. The number of likely N-dealkylation sites (tertiary alicyclic amines) is 1. The van der Waals surface area contributed by atoms with Crippen molar-refractivity contribution < 1.29 is 19.1 Å². The smallest absolute Gasteiger partial charge is 0.305 e. The lowest BCUT2D eigenvalue weighted by atomic mass is 9.97. The normalized spacial score (nSPS) is 13.9. The van der Waals surface area contributed by atoms with Crippen LogP contribution in [0.1, 0.15) is 62.3 Å². The highest BCUT2D eigenvalue weighted by Crippen LogP contribution is 2.27. The second kappa shape index (κ2) is 15.5. The van der Waals surface area contributed by atoms with Gasteiger partial charge in [-0.15, -0.1) is 0 Å². The van der Waals surface area contributed by atoms with Crippen LogP contribution < -0.4 is 5.32 Å². The van der Waals surface area contributed by atoms with Crippen LogP contribution in [0.15, 0.2) is 55.0 Å². The summed E-state index contributed by atoms with van der Waals surface area (Å²) in [4.78, 5) is 29.8. The molecular weight excluding hydrogens is 539 g/mol. The maximum absolute atomic E-state index is 13.1. The van der Waals surface area contributed by atoms with Gasteiger partial charge in [-0.1, -0.05) is 38.2 Å².